The molecule has 6 heteroatoms. The Morgan fingerprint density at radius 2 is 1.74 bits per heavy atom. The van der Waals surface area contributed by atoms with Gasteiger partial charge in [0.15, 0.2) is 0 Å². The van der Waals surface area contributed by atoms with Crippen molar-refractivity contribution in [3.8, 4) is 0 Å². The van der Waals surface area contributed by atoms with Crippen LogP contribution in [-0.2, 0) is 17.7 Å². The molecule has 0 spiro atoms. The molecule has 3 aliphatic rings. The summed E-state index contributed by atoms with van der Waals surface area (Å²) in [5.41, 5.74) is 5.27. The first-order valence-electron chi connectivity index (χ1n) is 12.8. The maximum Gasteiger partial charge on any atom is 0.148 e. The summed E-state index contributed by atoms with van der Waals surface area (Å²) in [4.78, 5) is 9.32. The van der Waals surface area contributed by atoms with Gasteiger partial charge < -0.3 is 15.0 Å². The number of morpholine rings is 1. The van der Waals surface area contributed by atoms with Crippen molar-refractivity contribution in [3.05, 3.63) is 89.5 Å². The first kappa shape index (κ1) is 22.5. The summed E-state index contributed by atoms with van der Waals surface area (Å²) in [6.07, 6.45) is 2.95. The fourth-order valence-corrected chi connectivity index (χ4v) is 5.80. The molecule has 3 heterocycles. The van der Waals surface area contributed by atoms with Gasteiger partial charge in [0.25, 0.3) is 0 Å². The lowest BCUT2D eigenvalue weighted by Gasteiger charge is -2.29. The van der Waals surface area contributed by atoms with Crippen LogP contribution in [0.4, 0.5) is 15.8 Å². The number of hydrogen-bond donors (Lipinski definition) is 1. The maximum atomic E-state index is 14.7. The molecule has 1 N–H and O–H groups in total. The van der Waals surface area contributed by atoms with E-state index in [4.69, 9.17) is 9.72 Å². The topological polar surface area (TPSA) is 40.6 Å². The van der Waals surface area contributed by atoms with Crippen molar-refractivity contribution in [1.29, 1.82) is 0 Å². The van der Waals surface area contributed by atoms with Crippen molar-refractivity contribution in [3.63, 3.8) is 0 Å². The van der Waals surface area contributed by atoms with Gasteiger partial charge in [-0.1, -0.05) is 36.4 Å². The molecule has 5 nitrogen and oxygen atoms in total. The molecular formula is C29H33FN4O. The lowest BCUT2D eigenvalue weighted by Crippen LogP contribution is -2.36. The summed E-state index contributed by atoms with van der Waals surface area (Å²) < 4.78 is 20.0. The van der Waals surface area contributed by atoms with Gasteiger partial charge in [-0.05, 0) is 59.6 Å². The van der Waals surface area contributed by atoms with Gasteiger partial charge in [0.05, 0.1) is 24.6 Å². The van der Waals surface area contributed by atoms with Crippen LogP contribution in [0, 0.1) is 23.6 Å². The fourth-order valence-electron chi connectivity index (χ4n) is 5.80. The number of halogens is 1. The summed E-state index contributed by atoms with van der Waals surface area (Å²) in [6, 6.07) is 20.5. The summed E-state index contributed by atoms with van der Waals surface area (Å²) in [5.74, 6) is 2.03. The molecule has 35 heavy (non-hydrogen) atoms. The van der Waals surface area contributed by atoms with E-state index in [2.05, 4.69) is 57.6 Å². The molecule has 3 aromatic rings. The molecule has 182 valence electrons. The molecule has 0 bridgehead atoms. The quantitative estimate of drug-likeness (QED) is 0.525. The van der Waals surface area contributed by atoms with Crippen LogP contribution < -0.4 is 10.2 Å². The Hall–Kier alpha value is -2.96. The predicted molar refractivity (Wildman–Crippen MR) is 137 cm³/mol. The minimum Gasteiger partial charge on any atom is -0.385 e. The highest BCUT2D eigenvalue weighted by molar-refractivity contribution is 5.56. The Morgan fingerprint density at radius 3 is 2.46 bits per heavy atom. The Labute approximate surface area is 206 Å². The number of rotatable bonds is 8. The van der Waals surface area contributed by atoms with Gasteiger partial charge in [0.2, 0.25) is 0 Å². The highest BCUT2D eigenvalue weighted by Crippen LogP contribution is 2.51. The van der Waals surface area contributed by atoms with E-state index in [0.717, 1.165) is 68.9 Å². The summed E-state index contributed by atoms with van der Waals surface area (Å²) in [6.45, 7) is 6.94. The van der Waals surface area contributed by atoms with Gasteiger partial charge in [-0.3, -0.25) is 9.88 Å². The minimum absolute atomic E-state index is 0.152. The molecule has 0 radical (unpaired) electrons. The average Bonchev–Trinajstić information content (AvgIpc) is 3.35. The van der Waals surface area contributed by atoms with Crippen molar-refractivity contribution in [2.24, 2.45) is 17.8 Å². The van der Waals surface area contributed by atoms with E-state index in [1.807, 2.05) is 18.3 Å². The molecule has 1 saturated carbocycles. The van der Waals surface area contributed by atoms with Crippen LogP contribution in [0.5, 0.6) is 0 Å². The molecule has 2 aliphatic heterocycles. The van der Waals surface area contributed by atoms with Gasteiger partial charge in [0.1, 0.15) is 5.82 Å². The van der Waals surface area contributed by atoms with Crippen LogP contribution in [0.25, 0.3) is 0 Å². The lowest BCUT2D eigenvalue weighted by molar-refractivity contribution is 0.122. The van der Waals surface area contributed by atoms with E-state index in [0.29, 0.717) is 24.8 Å². The van der Waals surface area contributed by atoms with E-state index >= 15 is 0 Å². The van der Waals surface area contributed by atoms with E-state index in [9.17, 15) is 4.39 Å². The average molecular weight is 473 g/mol. The molecule has 2 saturated heterocycles. The highest BCUT2D eigenvalue weighted by atomic mass is 19.1. The maximum absolute atomic E-state index is 14.7. The van der Waals surface area contributed by atoms with Crippen molar-refractivity contribution in [2.45, 2.75) is 13.0 Å². The molecular weight excluding hydrogens is 439 g/mol. The summed E-state index contributed by atoms with van der Waals surface area (Å²) in [5, 5.41) is 3.48. The number of ether oxygens (including phenoxy) is 1. The number of nitrogens with zero attached hydrogens (tertiary/aromatic N) is 3. The van der Waals surface area contributed by atoms with Gasteiger partial charge in [-0.2, -0.15) is 0 Å². The first-order chi connectivity index (χ1) is 17.2. The van der Waals surface area contributed by atoms with E-state index in [1.54, 1.807) is 6.07 Å². The number of benzene rings is 2. The third kappa shape index (κ3) is 5.19. The van der Waals surface area contributed by atoms with Crippen molar-refractivity contribution < 1.29 is 9.13 Å². The second-order valence-corrected chi connectivity index (χ2v) is 10.2. The predicted octanol–water partition coefficient (Wildman–Crippen LogP) is 4.44. The highest BCUT2D eigenvalue weighted by Gasteiger charge is 2.54. The molecule has 2 unspecified atom stereocenters. The molecule has 6 rings (SSSR count). The van der Waals surface area contributed by atoms with Crippen LogP contribution in [0.2, 0.25) is 0 Å². The number of fused-ring (bicyclic) bond motifs is 1. The number of hydrogen-bond acceptors (Lipinski definition) is 5. The summed E-state index contributed by atoms with van der Waals surface area (Å²) >= 11 is 0. The number of pyridine rings is 1. The van der Waals surface area contributed by atoms with Crippen LogP contribution in [0.15, 0.2) is 66.9 Å². The number of aromatic nitrogens is 1. The van der Waals surface area contributed by atoms with Crippen LogP contribution in [-0.4, -0.2) is 55.8 Å². The van der Waals surface area contributed by atoms with Crippen LogP contribution in [0.1, 0.15) is 16.8 Å². The van der Waals surface area contributed by atoms with Gasteiger partial charge >= 0.3 is 0 Å². The Kier molecular flexibility index (Phi) is 6.40. The van der Waals surface area contributed by atoms with Gasteiger partial charge in [0, 0.05) is 51.2 Å². The van der Waals surface area contributed by atoms with Gasteiger partial charge in [-0.15, -0.1) is 0 Å². The Balaban J connectivity index is 0.952. The van der Waals surface area contributed by atoms with E-state index < -0.39 is 0 Å². The molecule has 1 aliphatic carbocycles. The number of likely N-dealkylation sites (tertiary alicyclic amines) is 1. The molecule has 3 fully saturated rings. The summed E-state index contributed by atoms with van der Waals surface area (Å²) in [7, 11) is 0. The van der Waals surface area contributed by atoms with Gasteiger partial charge in [-0.25, -0.2) is 4.39 Å². The Bertz CT molecular complexity index is 1120. The molecule has 1 aromatic heterocycles. The fraction of sp³-hybridized carbons (Fsp3) is 0.414. The molecule has 2 atom stereocenters. The van der Waals surface area contributed by atoms with Crippen molar-refractivity contribution in [2.75, 3.05) is 56.2 Å². The zero-order valence-corrected chi connectivity index (χ0v) is 20.1. The van der Waals surface area contributed by atoms with Crippen molar-refractivity contribution in [1.82, 2.24) is 9.88 Å². The zero-order chi connectivity index (χ0) is 23.6. The second kappa shape index (κ2) is 9.96. The van der Waals surface area contributed by atoms with Crippen LogP contribution >= 0.6 is 0 Å². The monoisotopic (exact) mass is 472 g/mol. The lowest BCUT2D eigenvalue weighted by atomic mass is 10.1. The third-order valence-corrected chi connectivity index (χ3v) is 7.81. The van der Waals surface area contributed by atoms with E-state index in [1.165, 1.54) is 11.1 Å². The minimum atomic E-state index is -0.152. The molecule has 2 aromatic carbocycles. The number of anilines is 2. The zero-order valence-electron chi connectivity index (χ0n) is 20.1. The molecule has 0 amide bonds. The van der Waals surface area contributed by atoms with Crippen molar-refractivity contribution >= 4 is 11.4 Å². The van der Waals surface area contributed by atoms with Crippen LogP contribution in [0.3, 0.4) is 0 Å². The van der Waals surface area contributed by atoms with E-state index in [-0.39, 0.29) is 5.82 Å². The number of nitrogens with one attached hydrogen (secondary N) is 1. The second-order valence-electron chi connectivity index (χ2n) is 10.2. The Morgan fingerprint density at radius 1 is 0.943 bits per heavy atom. The normalized spacial score (nSPS) is 23.8. The standard InChI is InChI=1S/C29H33FN4O/c30-28-15-23(8-9-29(28)34-10-12-35-13-11-34)32-17-25-26-19-33(20-27(25)26)18-24-7-6-22(16-31-24)14-21-4-2-1-3-5-21/h1-9,15-16,25-27,32H,10-14,17-20H2. The SMILES string of the molecule is Fc1cc(NCC2C3CN(Cc4ccc(Cc5ccccc5)cn4)CC23)ccc1N1CCOCC1. The first-order valence-corrected chi connectivity index (χ1v) is 12.8. The largest absolute Gasteiger partial charge is 0.385 e. The smallest absolute Gasteiger partial charge is 0.148 e. The third-order valence-electron chi connectivity index (χ3n) is 7.81. The number of piperidine rings is 1.